The highest BCUT2D eigenvalue weighted by molar-refractivity contribution is 5.98. The summed E-state index contributed by atoms with van der Waals surface area (Å²) < 4.78 is 19.4. The van der Waals surface area contributed by atoms with Crippen molar-refractivity contribution in [1.29, 1.82) is 5.41 Å². The molecule has 3 N–H and O–H groups in total. The Balaban J connectivity index is 2.31. The van der Waals surface area contributed by atoms with E-state index in [-0.39, 0.29) is 22.6 Å². The highest BCUT2D eigenvalue weighted by Crippen LogP contribution is 2.29. The van der Waals surface area contributed by atoms with E-state index in [9.17, 15) is 4.39 Å². The molecule has 0 amide bonds. The van der Waals surface area contributed by atoms with Gasteiger partial charge in [0.05, 0.1) is 5.56 Å². The van der Waals surface area contributed by atoms with Gasteiger partial charge in [0.15, 0.2) is 0 Å². The zero-order valence-corrected chi connectivity index (χ0v) is 12.4. The molecule has 0 atom stereocenters. The van der Waals surface area contributed by atoms with Gasteiger partial charge in [-0.3, -0.25) is 5.41 Å². The van der Waals surface area contributed by atoms with Gasteiger partial charge in [-0.2, -0.15) is 0 Å². The van der Waals surface area contributed by atoms with Crippen molar-refractivity contribution in [3.05, 3.63) is 59.4 Å². The van der Waals surface area contributed by atoms with Crippen LogP contribution in [0.3, 0.4) is 0 Å². The van der Waals surface area contributed by atoms with E-state index < -0.39 is 5.82 Å². The molecule has 2 aromatic carbocycles. The van der Waals surface area contributed by atoms with Gasteiger partial charge in [0.2, 0.25) is 0 Å². The third-order valence-electron chi connectivity index (χ3n) is 3.19. The summed E-state index contributed by atoms with van der Waals surface area (Å²) in [6.07, 6.45) is 0. The number of hydrogen-bond acceptors (Lipinski definition) is 2. The Hall–Kier alpha value is -2.36. The van der Waals surface area contributed by atoms with Gasteiger partial charge in [-0.1, -0.05) is 39.0 Å². The molecule has 0 aromatic heterocycles. The molecule has 2 rings (SSSR count). The number of ether oxygens (including phenoxy) is 1. The second-order valence-corrected chi connectivity index (χ2v) is 5.90. The predicted molar refractivity (Wildman–Crippen MR) is 82.6 cm³/mol. The van der Waals surface area contributed by atoms with E-state index in [0.29, 0.717) is 5.75 Å². The van der Waals surface area contributed by atoms with Crippen LogP contribution in [0.1, 0.15) is 31.9 Å². The Kier molecular flexibility index (Phi) is 3.98. The lowest BCUT2D eigenvalue weighted by Gasteiger charge is -2.19. The van der Waals surface area contributed by atoms with Crippen LogP contribution in [0.5, 0.6) is 11.5 Å². The standard InChI is InChI=1S/C17H19FN2O/c1-17(2,3)11-7-9-12(10-8-11)21-14-6-4-5-13(18)15(14)16(19)20/h4-10H,1-3H3,(H3,19,20). The van der Waals surface area contributed by atoms with Crippen LogP contribution < -0.4 is 10.5 Å². The number of halogens is 1. The van der Waals surface area contributed by atoms with Crippen LogP contribution in [0, 0.1) is 11.2 Å². The molecular weight excluding hydrogens is 267 g/mol. The Bertz CT molecular complexity index is 657. The Labute approximate surface area is 124 Å². The largest absolute Gasteiger partial charge is 0.456 e. The summed E-state index contributed by atoms with van der Waals surface area (Å²) in [5, 5.41) is 7.46. The van der Waals surface area contributed by atoms with Crippen molar-refractivity contribution in [2.45, 2.75) is 26.2 Å². The van der Waals surface area contributed by atoms with Crippen molar-refractivity contribution in [1.82, 2.24) is 0 Å². The van der Waals surface area contributed by atoms with Gasteiger partial charge in [-0.05, 0) is 35.2 Å². The molecule has 0 bridgehead atoms. The third-order valence-corrected chi connectivity index (χ3v) is 3.19. The topological polar surface area (TPSA) is 59.1 Å². The summed E-state index contributed by atoms with van der Waals surface area (Å²) in [4.78, 5) is 0. The maximum Gasteiger partial charge on any atom is 0.141 e. The van der Waals surface area contributed by atoms with E-state index in [0.717, 1.165) is 0 Å². The van der Waals surface area contributed by atoms with Crippen LogP contribution in [-0.4, -0.2) is 5.84 Å². The molecule has 0 saturated heterocycles. The molecule has 0 heterocycles. The molecule has 0 fully saturated rings. The molecule has 0 unspecified atom stereocenters. The molecule has 0 aliphatic rings. The van der Waals surface area contributed by atoms with Crippen LogP contribution in [0.15, 0.2) is 42.5 Å². The van der Waals surface area contributed by atoms with Crippen LogP contribution in [0.2, 0.25) is 0 Å². The summed E-state index contributed by atoms with van der Waals surface area (Å²) in [6, 6.07) is 12.0. The Morgan fingerprint density at radius 2 is 1.71 bits per heavy atom. The summed E-state index contributed by atoms with van der Waals surface area (Å²) >= 11 is 0. The lowest BCUT2D eigenvalue weighted by molar-refractivity contribution is 0.474. The number of hydrogen-bond donors (Lipinski definition) is 2. The van der Waals surface area contributed by atoms with Crippen molar-refractivity contribution in [3.8, 4) is 11.5 Å². The van der Waals surface area contributed by atoms with Crippen LogP contribution in [-0.2, 0) is 5.41 Å². The Morgan fingerprint density at radius 1 is 1.10 bits per heavy atom. The SMILES string of the molecule is CC(C)(C)c1ccc(Oc2cccc(F)c2C(=N)N)cc1. The predicted octanol–water partition coefficient (Wildman–Crippen LogP) is 4.20. The van der Waals surface area contributed by atoms with Gasteiger partial charge in [0.1, 0.15) is 23.2 Å². The van der Waals surface area contributed by atoms with Crippen LogP contribution in [0.4, 0.5) is 4.39 Å². The lowest BCUT2D eigenvalue weighted by atomic mass is 9.87. The first-order valence-corrected chi connectivity index (χ1v) is 6.70. The molecule has 2 aromatic rings. The number of amidine groups is 1. The van der Waals surface area contributed by atoms with E-state index >= 15 is 0 Å². The highest BCUT2D eigenvalue weighted by atomic mass is 19.1. The molecular formula is C17H19FN2O. The van der Waals surface area contributed by atoms with Crippen LogP contribution >= 0.6 is 0 Å². The van der Waals surface area contributed by atoms with Crippen molar-refractivity contribution in [3.63, 3.8) is 0 Å². The molecule has 0 spiro atoms. The monoisotopic (exact) mass is 286 g/mol. The second kappa shape index (κ2) is 5.56. The molecule has 4 heteroatoms. The van der Waals surface area contributed by atoms with E-state index in [1.807, 2.05) is 24.3 Å². The maximum absolute atomic E-state index is 13.7. The van der Waals surface area contributed by atoms with E-state index in [4.69, 9.17) is 15.9 Å². The number of nitrogens with one attached hydrogen (secondary N) is 1. The van der Waals surface area contributed by atoms with Gasteiger partial charge in [-0.15, -0.1) is 0 Å². The zero-order chi connectivity index (χ0) is 15.6. The summed E-state index contributed by atoms with van der Waals surface area (Å²) in [5.41, 5.74) is 6.64. The fraction of sp³-hybridized carbons (Fsp3) is 0.235. The fourth-order valence-corrected chi connectivity index (χ4v) is 2.00. The highest BCUT2D eigenvalue weighted by Gasteiger charge is 2.15. The minimum Gasteiger partial charge on any atom is -0.456 e. The quantitative estimate of drug-likeness (QED) is 0.656. The first kappa shape index (κ1) is 15.0. The van der Waals surface area contributed by atoms with Gasteiger partial charge >= 0.3 is 0 Å². The minimum absolute atomic E-state index is 0.0163. The average Bonchev–Trinajstić information content (AvgIpc) is 2.38. The summed E-state index contributed by atoms with van der Waals surface area (Å²) in [6.45, 7) is 6.38. The minimum atomic E-state index is -0.564. The van der Waals surface area contributed by atoms with E-state index in [2.05, 4.69) is 20.8 Å². The van der Waals surface area contributed by atoms with Crippen molar-refractivity contribution in [2.24, 2.45) is 5.73 Å². The molecule has 0 radical (unpaired) electrons. The molecule has 0 aliphatic carbocycles. The third kappa shape index (κ3) is 3.40. The van der Waals surface area contributed by atoms with Gasteiger partial charge in [0, 0.05) is 0 Å². The number of rotatable bonds is 3. The van der Waals surface area contributed by atoms with E-state index in [1.54, 1.807) is 6.07 Å². The van der Waals surface area contributed by atoms with Crippen molar-refractivity contribution in [2.75, 3.05) is 0 Å². The van der Waals surface area contributed by atoms with Gasteiger partial charge < -0.3 is 10.5 Å². The number of nitrogen functional groups attached to an aromatic ring is 1. The first-order chi connectivity index (χ1) is 9.79. The summed E-state index contributed by atoms with van der Waals surface area (Å²) in [5.74, 6) is -0.0946. The smallest absolute Gasteiger partial charge is 0.141 e. The lowest BCUT2D eigenvalue weighted by Crippen LogP contribution is -2.14. The average molecular weight is 286 g/mol. The summed E-state index contributed by atoms with van der Waals surface area (Å²) in [7, 11) is 0. The second-order valence-electron chi connectivity index (χ2n) is 5.90. The molecule has 0 saturated carbocycles. The van der Waals surface area contributed by atoms with Crippen molar-refractivity contribution >= 4 is 5.84 Å². The number of benzene rings is 2. The Morgan fingerprint density at radius 3 is 2.24 bits per heavy atom. The molecule has 0 aliphatic heterocycles. The zero-order valence-electron chi connectivity index (χ0n) is 12.4. The van der Waals surface area contributed by atoms with Crippen LogP contribution in [0.25, 0.3) is 0 Å². The molecule has 21 heavy (non-hydrogen) atoms. The molecule has 3 nitrogen and oxygen atoms in total. The number of nitrogens with two attached hydrogens (primary N) is 1. The van der Waals surface area contributed by atoms with Gasteiger partial charge in [0.25, 0.3) is 0 Å². The van der Waals surface area contributed by atoms with E-state index in [1.165, 1.54) is 17.7 Å². The normalized spacial score (nSPS) is 11.2. The maximum atomic E-state index is 13.7. The first-order valence-electron chi connectivity index (χ1n) is 6.70. The van der Waals surface area contributed by atoms with Crippen molar-refractivity contribution < 1.29 is 9.13 Å². The molecule has 110 valence electrons. The van der Waals surface area contributed by atoms with Gasteiger partial charge in [-0.25, -0.2) is 4.39 Å². The fourth-order valence-electron chi connectivity index (χ4n) is 2.00.